The maximum absolute atomic E-state index is 10.6. The van der Waals surface area contributed by atoms with E-state index in [0.29, 0.717) is 6.54 Å². The highest BCUT2D eigenvalue weighted by molar-refractivity contribution is 5.78. The third-order valence-corrected chi connectivity index (χ3v) is 4.82. The van der Waals surface area contributed by atoms with Gasteiger partial charge < -0.3 is 19.3 Å². The number of imidazole rings is 1. The quantitative estimate of drug-likeness (QED) is 0.494. The average Bonchev–Trinajstić information content (AvgIpc) is 3.12. The number of para-hydroxylation sites is 3. The summed E-state index contributed by atoms with van der Waals surface area (Å²) in [6.07, 6.45) is -0.656. The fourth-order valence-corrected chi connectivity index (χ4v) is 3.43. The van der Waals surface area contributed by atoms with Crippen molar-refractivity contribution in [3.05, 3.63) is 90.5 Å². The van der Waals surface area contributed by atoms with Gasteiger partial charge in [-0.05, 0) is 29.8 Å². The van der Waals surface area contributed by atoms with Gasteiger partial charge in [0.2, 0.25) is 5.95 Å². The van der Waals surface area contributed by atoms with E-state index in [-0.39, 0.29) is 6.61 Å². The maximum atomic E-state index is 10.6. The SMILES string of the molecule is CN(Cc1ccccc1)c1nc2ccccc2n1C[C@H](O)COc1ccccc1. The second kappa shape index (κ2) is 8.80. The molecule has 1 aromatic heterocycles. The van der Waals surface area contributed by atoms with Crippen molar-refractivity contribution in [1.82, 2.24) is 9.55 Å². The predicted octanol–water partition coefficient (Wildman–Crippen LogP) is 4.11. The fourth-order valence-electron chi connectivity index (χ4n) is 3.43. The molecule has 0 unspecified atom stereocenters. The highest BCUT2D eigenvalue weighted by atomic mass is 16.5. The van der Waals surface area contributed by atoms with Crippen LogP contribution in [-0.2, 0) is 13.1 Å². The van der Waals surface area contributed by atoms with Gasteiger partial charge in [0.15, 0.2) is 0 Å². The molecule has 0 spiro atoms. The van der Waals surface area contributed by atoms with Gasteiger partial charge >= 0.3 is 0 Å². The Morgan fingerprint density at radius 1 is 0.931 bits per heavy atom. The lowest BCUT2D eigenvalue weighted by Gasteiger charge is -2.22. The van der Waals surface area contributed by atoms with Crippen LogP contribution in [0.25, 0.3) is 11.0 Å². The molecule has 0 aliphatic carbocycles. The van der Waals surface area contributed by atoms with Crippen molar-refractivity contribution in [2.24, 2.45) is 0 Å². The van der Waals surface area contributed by atoms with E-state index < -0.39 is 6.10 Å². The molecule has 4 aromatic rings. The highest BCUT2D eigenvalue weighted by Crippen LogP contribution is 2.24. The molecule has 0 aliphatic heterocycles. The van der Waals surface area contributed by atoms with Crippen molar-refractivity contribution in [3.8, 4) is 5.75 Å². The topological polar surface area (TPSA) is 50.5 Å². The molecule has 1 atom stereocenters. The Morgan fingerprint density at radius 2 is 1.59 bits per heavy atom. The Bertz CT molecular complexity index is 1050. The van der Waals surface area contributed by atoms with E-state index in [1.165, 1.54) is 5.56 Å². The van der Waals surface area contributed by atoms with Crippen molar-refractivity contribution in [1.29, 1.82) is 0 Å². The van der Waals surface area contributed by atoms with Gasteiger partial charge in [0, 0.05) is 13.6 Å². The summed E-state index contributed by atoms with van der Waals surface area (Å²) in [4.78, 5) is 6.93. The normalized spacial score (nSPS) is 12.1. The van der Waals surface area contributed by atoms with Gasteiger partial charge in [-0.1, -0.05) is 60.7 Å². The zero-order valence-electron chi connectivity index (χ0n) is 16.5. The monoisotopic (exact) mass is 387 g/mol. The Morgan fingerprint density at radius 3 is 2.34 bits per heavy atom. The fraction of sp³-hybridized carbons (Fsp3) is 0.208. The minimum absolute atomic E-state index is 0.221. The van der Waals surface area contributed by atoms with Gasteiger partial charge in [0.25, 0.3) is 0 Å². The standard InChI is InChI=1S/C24H25N3O2/c1-26(16-19-10-4-2-5-11-19)24-25-22-14-8-9-15-23(22)27(24)17-20(28)18-29-21-12-6-3-7-13-21/h2-15,20,28H,16-18H2,1H3/t20-/m0/s1. The molecule has 5 nitrogen and oxygen atoms in total. The molecule has 0 radical (unpaired) electrons. The van der Waals surface area contributed by atoms with Crippen molar-refractivity contribution >= 4 is 17.0 Å². The summed E-state index contributed by atoms with van der Waals surface area (Å²) in [5, 5.41) is 10.6. The molecule has 1 heterocycles. The number of benzene rings is 3. The van der Waals surface area contributed by atoms with Gasteiger partial charge in [0.05, 0.1) is 17.6 Å². The van der Waals surface area contributed by atoms with Crippen LogP contribution in [0.3, 0.4) is 0 Å². The molecule has 4 rings (SSSR count). The number of rotatable bonds is 8. The summed E-state index contributed by atoms with van der Waals surface area (Å²) >= 11 is 0. The molecule has 1 N–H and O–H groups in total. The molecular weight excluding hydrogens is 362 g/mol. The van der Waals surface area contributed by atoms with Crippen LogP contribution < -0.4 is 9.64 Å². The van der Waals surface area contributed by atoms with Crippen molar-refractivity contribution in [3.63, 3.8) is 0 Å². The van der Waals surface area contributed by atoms with Gasteiger partial charge in [-0.25, -0.2) is 4.98 Å². The zero-order valence-corrected chi connectivity index (χ0v) is 16.5. The highest BCUT2D eigenvalue weighted by Gasteiger charge is 2.17. The van der Waals surface area contributed by atoms with Crippen LogP contribution >= 0.6 is 0 Å². The Balaban J connectivity index is 1.54. The number of aliphatic hydroxyl groups excluding tert-OH is 1. The molecule has 3 aromatic carbocycles. The lowest BCUT2D eigenvalue weighted by atomic mass is 10.2. The molecule has 0 amide bonds. The lowest BCUT2D eigenvalue weighted by Crippen LogP contribution is -2.27. The summed E-state index contributed by atoms with van der Waals surface area (Å²) in [5.41, 5.74) is 3.13. The number of hydrogen-bond donors (Lipinski definition) is 1. The predicted molar refractivity (Wildman–Crippen MR) is 116 cm³/mol. The molecule has 29 heavy (non-hydrogen) atoms. The van der Waals surface area contributed by atoms with Crippen LogP contribution in [0.15, 0.2) is 84.9 Å². The van der Waals surface area contributed by atoms with Crippen molar-refractivity contribution < 1.29 is 9.84 Å². The van der Waals surface area contributed by atoms with Crippen molar-refractivity contribution in [2.45, 2.75) is 19.2 Å². The number of anilines is 1. The number of ether oxygens (including phenoxy) is 1. The van der Waals surface area contributed by atoms with E-state index >= 15 is 0 Å². The maximum Gasteiger partial charge on any atom is 0.206 e. The molecule has 0 saturated heterocycles. The summed E-state index contributed by atoms with van der Waals surface area (Å²) < 4.78 is 7.79. The third-order valence-electron chi connectivity index (χ3n) is 4.82. The first-order valence-corrected chi connectivity index (χ1v) is 9.77. The summed E-state index contributed by atoms with van der Waals surface area (Å²) in [5.74, 6) is 1.58. The van der Waals surface area contributed by atoms with Crippen LogP contribution in [0.1, 0.15) is 5.56 Å². The van der Waals surface area contributed by atoms with Crippen LogP contribution in [0, 0.1) is 0 Å². The second-order valence-corrected chi connectivity index (χ2v) is 7.13. The number of fused-ring (bicyclic) bond motifs is 1. The summed E-state index contributed by atoms with van der Waals surface area (Å²) in [7, 11) is 2.03. The Hall–Kier alpha value is -3.31. The smallest absolute Gasteiger partial charge is 0.206 e. The first kappa shape index (κ1) is 19.0. The van der Waals surface area contributed by atoms with E-state index in [0.717, 1.165) is 29.3 Å². The van der Waals surface area contributed by atoms with Gasteiger partial charge in [-0.3, -0.25) is 0 Å². The minimum Gasteiger partial charge on any atom is -0.491 e. The van der Waals surface area contributed by atoms with Gasteiger partial charge in [-0.2, -0.15) is 0 Å². The average molecular weight is 387 g/mol. The van der Waals surface area contributed by atoms with E-state index in [1.54, 1.807) is 0 Å². The van der Waals surface area contributed by atoms with Crippen LogP contribution in [-0.4, -0.2) is 34.4 Å². The van der Waals surface area contributed by atoms with Gasteiger partial charge in [-0.15, -0.1) is 0 Å². The molecular formula is C24H25N3O2. The number of aliphatic hydroxyl groups is 1. The largest absolute Gasteiger partial charge is 0.491 e. The van der Waals surface area contributed by atoms with E-state index in [4.69, 9.17) is 9.72 Å². The van der Waals surface area contributed by atoms with Crippen LogP contribution in [0.4, 0.5) is 5.95 Å². The molecule has 0 aliphatic rings. The number of nitrogens with zero attached hydrogens (tertiary/aromatic N) is 3. The Kier molecular flexibility index (Phi) is 5.77. The molecule has 0 bridgehead atoms. The first-order chi connectivity index (χ1) is 14.2. The summed E-state index contributed by atoms with van der Waals surface area (Å²) in [6, 6.07) is 27.9. The molecule has 0 saturated carbocycles. The van der Waals surface area contributed by atoms with Gasteiger partial charge in [0.1, 0.15) is 18.5 Å². The number of hydrogen-bond acceptors (Lipinski definition) is 4. The number of aromatic nitrogens is 2. The Labute approximate surface area is 170 Å². The minimum atomic E-state index is -0.656. The van der Waals surface area contributed by atoms with E-state index in [9.17, 15) is 5.11 Å². The molecule has 0 fully saturated rings. The van der Waals surface area contributed by atoms with Crippen molar-refractivity contribution in [2.75, 3.05) is 18.6 Å². The van der Waals surface area contributed by atoms with Crippen LogP contribution in [0.2, 0.25) is 0 Å². The molecule has 5 heteroatoms. The lowest BCUT2D eigenvalue weighted by molar-refractivity contribution is 0.0937. The van der Waals surface area contributed by atoms with E-state index in [1.807, 2.05) is 79.8 Å². The summed E-state index contributed by atoms with van der Waals surface area (Å²) in [6.45, 7) is 1.36. The molecule has 148 valence electrons. The van der Waals surface area contributed by atoms with E-state index in [2.05, 4.69) is 21.6 Å². The zero-order chi connectivity index (χ0) is 20.1. The third kappa shape index (κ3) is 4.58. The second-order valence-electron chi connectivity index (χ2n) is 7.13. The van der Waals surface area contributed by atoms with Crippen LogP contribution in [0.5, 0.6) is 5.75 Å². The first-order valence-electron chi connectivity index (χ1n) is 9.77.